The minimum atomic E-state index is -0.613. The fraction of sp³-hybridized carbons (Fsp3) is 0.263. The molecule has 2 aromatic rings. The van der Waals surface area contributed by atoms with Gasteiger partial charge in [0.2, 0.25) is 5.91 Å². The third-order valence-electron chi connectivity index (χ3n) is 3.90. The standard InChI is InChI=1S/C19H19ClN2O4/c1-13-19(24)22(9-10-25-15-5-3-2-4-6-15)16-8-7-14(11-17(16)26-13)21-18(23)12-20/h2-8,11,13H,9-10,12H2,1H3,(H,21,23). The fourth-order valence-corrected chi connectivity index (χ4v) is 2.75. The lowest BCUT2D eigenvalue weighted by atomic mass is 10.1. The van der Waals surface area contributed by atoms with E-state index in [1.54, 1.807) is 30.0 Å². The fourth-order valence-electron chi connectivity index (χ4n) is 2.68. The molecule has 1 heterocycles. The van der Waals surface area contributed by atoms with Gasteiger partial charge >= 0.3 is 0 Å². The van der Waals surface area contributed by atoms with Gasteiger partial charge in [0.05, 0.1) is 12.2 Å². The monoisotopic (exact) mass is 374 g/mol. The Hall–Kier alpha value is -2.73. The van der Waals surface area contributed by atoms with E-state index in [1.807, 2.05) is 30.3 Å². The highest BCUT2D eigenvalue weighted by Gasteiger charge is 2.31. The first-order valence-electron chi connectivity index (χ1n) is 8.24. The summed E-state index contributed by atoms with van der Waals surface area (Å²) in [5.74, 6) is 0.714. The number of para-hydroxylation sites is 1. The van der Waals surface area contributed by atoms with Gasteiger partial charge in [0.15, 0.2) is 6.10 Å². The molecule has 0 bridgehead atoms. The molecule has 0 saturated heterocycles. The number of amides is 2. The molecule has 6 nitrogen and oxygen atoms in total. The van der Waals surface area contributed by atoms with Gasteiger partial charge in [-0.1, -0.05) is 18.2 Å². The van der Waals surface area contributed by atoms with Crippen molar-refractivity contribution in [2.24, 2.45) is 0 Å². The average Bonchev–Trinajstić information content (AvgIpc) is 2.65. The maximum Gasteiger partial charge on any atom is 0.267 e. The second kappa shape index (κ2) is 8.10. The molecule has 2 amide bonds. The highest BCUT2D eigenvalue weighted by atomic mass is 35.5. The van der Waals surface area contributed by atoms with Crippen LogP contribution < -0.4 is 19.7 Å². The molecule has 1 unspecified atom stereocenters. The molecule has 0 spiro atoms. The summed E-state index contributed by atoms with van der Waals surface area (Å²) in [5, 5.41) is 2.67. The summed E-state index contributed by atoms with van der Waals surface area (Å²) in [6.07, 6.45) is -0.613. The summed E-state index contributed by atoms with van der Waals surface area (Å²) in [7, 11) is 0. The summed E-state index contributed by atoms with van der Waals surface area (Å²) in [5.41, 5.74) is 1.21. The van der Waals surface area contributed by atoms with E-state index in [9.17, 15) is 9.59 Å². The van der Waals surface area contributed by atoms with Crippen molar-refractivity contribution in [3.63, 3.8) is 0 Å². The molecule has 26 heavy (non-hydrogen) atoms. The Balaban J connectivity index is 1.74. The highest BCUT2D eigenvalue weighted by molar-refractivity contribution is 6.29. The van der Waals surface area contributed by atoms with Crippen LogP contribution in [0.5, 0.6) is 11.5 Å². The van der Waals surface area contributed by atoms with Crippen LogP contribution in [-0.4, -0.2) is 36.9 Å². The Morgan fingerprint density at radius 2 is 2.04 bits per heavy atom. The van der Waals surface area contributed by atoms with Gasteiger partial charge < -0.3 is 19.7 Å². The van der Waals surface area contributed by atoms with Crippen molar-refractivity contribution in [1.29, 1.82) is 0 Å². The number of halogens is 1. The first-order valence-corrected chi connectivity index (χ1v) is 8.77. The highest BCUT2D eigenvalue weighted by Crippen LogP contribution is 2.36. The van der Waals surface area contributed by atoms with Crippen LogP contribution in [0.2, 0.25) is 0 Å². The van der Waals surface area contributed by atoms with E-state index in [2.05, 4.69) is 5.32 Å². The lowest BCUT2D eigenvalue weighted by Gasteiger charge is -2.33. The van der Waals surface area contributed by atoms with Gasteiger partial charge in [0.1, 0.15) is 24.0 Å². The molecule has 1 aliphatic rings. The number of benzene rings is 2. The third kappa shape index (κ3) is 4.08. The Morgan fingerprint density at radius 3 is 2.77 bits per heavy atom. The zero-order valence-corrected chi connectivity index (χ0v) is 15.0. The number of hydrogen-bond acceptors (Lipinski definition) is 4. The molecule has 1 atom stereocenters. The zero-order valence-electron chi connectivity index (χ0n) is 14.3. The van der Waals surface area contributed by atoms with Crippen LogP contribution in [0.3, 0.4) is 0 Å². The molecule has 3 rings (SSSR count). The lowest BCUT2D eigenvalue weighted by molar-refractivity contribution is -0.125. The molecule has 0 aliphatic carbocycles. The van der Waals surface area contributed by atoms with Crippen molar-refractivity contribution in [3.05, 3.63) is 48.5 Å². The van der Waals surface area contributed by atoms with Crippen molar-refractivity contribution in [2.75, 3.05) is 29.2 Å². The first-order chi connectivity index (χ1) is 12.6. The van der Waals surface area contributed by atoms with E-state index in [0.29, 0.717) is 30.3 Å². The van der Waals surface area contributed by atoms with Crippen molar-refractivity contribution in [2.45, 2.75) is 13.0 Å². The smallest absolute Gasteiger partial charge is 0.267 e. The quantitative estimate of drug-likeness (QED) is 0.789. The number of rotatable bonds is 6. The zero-order chi connectivity index (χ0) is 18.5. The lowest BCUT2D eigenvalue weighted by Crippen LogP contribution is -2.46. The summed E-state index contributed by atoms with van der Waals surface area (Å²) in [4.78, 5) is 25.6. The molecule has 2 aromatic carbocycles. The Labute approximate surface area is 156 Å². The number of alkyl halides is 1. The number of hydrogen-bond donors (Lipinski definition) is 1. The van der Waals surface area contributed by atoms with Crippen LogP contribution in [-0.2, 0) is 9.59 Å². The van der Waals surface area contributed by atoms with Crippen LogP contribution in [0.25, 0.3) is 0 Å². The van der Waals surface area contributed by atoms with Crippen LogP contribution >= 0.6 is 11.6 Å². The Morgan fingerprint density at radius 1 is 1.27 bits per heavy atom. The van der Waals surface area contributed by atoms with Crippen LogP contribution in [0.4, 0.5) is 11.4 Å². The first kappa shape index (κ1) is 18.1. The van der Waals surface area contributed by atoms with Gasteiger partial charge in [-0.2, -0.15) is 0 Å². The van der Waals surface area contributed by atoms with E-state index >= 15 is 0 Å². The number of nitrogens with zero attached hydrogens (tertiary/aromatic N) is 1. The molecule has 0 aromatic heterocycles. The van der Waals surface area contributed by atoms with Gasteiger partial charge in [-0.05, 0) is 31.2 Å². The summed E-state index contributed by atoms with van der Waals surface area (Å²) >= 11 is 5.51. The molecular formula is C19H19ClN2O4. The maximum atomic E-state index is 12.5. The van der Waals surface area contributed by atoms with Crippen molar-refractivity contribution in [1.82, 2.24) is 0 Å². The summed E-state index contributed by atoms with van der Waals surface area (Å²) < 4.78 is 11.4. The third-order valence-corrected chi connectivity index (χ3v) is 4.14. The molecule has 0 fully saturated rings. The molecule has 136 valence electrons. The SMILES string of the molecule is CC1Oc2cc(NC(=O)CCl)ccc2N(CCOc2ccccc2)C1=O. The molecule has 1 aliphatic heterocycles. The Bertz CT molecular complexity index is 797. The number of fused-ring (bicyclic) bond motifs is 1. The molecule has 0 radical (unpaired) electrons. The minimum Gasteiger partial charge on any atom is -0.492 e. The van der Waals surface area contributed by atoms with Crippen LogP contribution in [0.15, 0.2) is 48.5 Å². The second-order valence-corrected chi connectivity index (χ2v) is 6.04. The molecule has 0 saturated carbocycles. The number of carbonyl (C=O) groups excluding carboxylic acids is 2. The molecule has 1 N–H and O–H groups in total. The van der Waals surface area contributed by atoms with Gasteiger partial charge in [0.25, 0.3) is 5.91 Å². The number of ether oxygens (including phenoxy) is 2. The van der Waals surface area contributed by atoms with E-state index in [0.717, 1.165) is 5.75 Å². The Kier molecular flexibility index (Phi) is 5.63. The van der Waals surface area contributed by atoms with Crippen molar-refractivity contribution < 1.29 is 19.1 Å². The average molecular weight is 375 g/mol. The van der Waals surface area contributed by atoms with Gasteiger partial charge in [-0.3, -0.25) is 9.59 Å². The predicted molar refractivity (Wildman–Crippen MR) is 100 cm³/mol. The van der Waals surface area contributed by atoms with Crippen LogP contribution in [0, 0.1) is 0 Å². The predicted octanol–water partition coefficient (Wildman–Crippen LogP) is 3.06. The van der Waals surface area contributed by atoms with Crippen molar-refractivity contribution >= 4 is 34.8 Å². The van der Waals surface area contributed by atoms with E-state index in [4.69, 9.17) is 21.1 Å². The minimum absolute atomic E-state index is 0.129. The summed E-state index contributed by atoms with van der Waals surface area (Å²) in [6.45, 7) is 2.44. The molecule has 7 heteroatoms. The van der Waals surface area contributed by atoms with Crippen molar-refractivity contribution in [3.8, 4) is 11.5 Å². The number of anilines is 2. The largest absolute Gasteiger partial charge is 0.492 e. The summed E-state index contributed by atoms with van der Waals surface area (Å²) in [6, 6.07) is 14.6. The van der Waals surface area contributed by atoms with E-state index in [-0.39, 0.29) is 17.7 Å². The van der Waals surface area contributed by atoms with E-state index < -0.39 is 6.10 Å². The number of carbonyl (C=O) groups is 2. The van der Waals surface area contributed by atoms with Crippen LogP contribution in [0.1, 0.15) is 6.92 Å². The topological polar surface area (TPSA) is 67.9 Å². The van der Waals surface area contributed by atoms with Gasteiger partial charge in [-0.25, -0.2) is 0 Å². The maximum absolute atomic E-state index is 12.5. The van der Waals surface area contributed by atoms with Gasteiger partial charge in [0, 0.05) is 11.8 Å². The molecular weight excluding hydrogens is 356 g/mol. The van der Waals surface area contributed by atoms with E-state index in [1.165, 1.54) is 0 Å². The normalized spacial score (nSPS) is 15.8. The second-order valence-electron chi connectivity index (χ2n) is 5.78. The van der Waals surface area contributed by atoms with Gasteiger partial charge in [-0.15, -0.1) is 11.6 Å². The number of nitrogens with one attached hydrogen (secondary N) is 1.